The number of anilines is 1. The maximum absolute atomic E-state index is 13.2. The van der Waals surface area contributed by atoms with Crippen LogP contribution in [0.1, 0.15) is 64.9 Å². The minimum atomic E-state index is -3.76. The number of nitrogens with two attached hydrogens (primary N) is 1. The monoisotopic (exact) mass is 526 g/mol. The fourth-order valence-electron chi connectivity index (χ4n) is 5.39. The maximum atomic E-state index is 13.2. The number of thiazole rings is 1. The number of hydrogen-bond acceptors (Lipinski definition) is 5. The van der Waals surface area contributed by atoms with E-state index in [-0.39, 0.29) is 4.34 Å². The Hall–Kier alpha value is -2.59. The standard InChI is InChI=1S/C27H34N4O3S2/c1-15-11-12-17(13-16(15)2)23-18-7-5-9-20(18)24(21-10-6-8-19(21)23)30-25(32)31-36(28,34)26-29-14-22(35-26)27(3,4)33/h11-14,33,36H,5-10H2,1-4H3,(H4,28,30,31,32,34). The van der Waals surface area contributed by atoms with Crippen molar-refractivity contribution in [2.24, 2.45) is 5.14 Å². The summed E-state index contributed by atoms with van der Waals surface area (Å²) in [5.41, 5.74) is 9.89. The molecular weight excluding hydrogens is 492 g/mol. The van der Waals surface area contributed by atoms with Crippen LogP contribution in [-0.2, 0) is 41.6 Å². The van der Waals surface area contributed by atoms with Gasteiger partial charge in [-0.05, 0) is 111 Å². The van der Waals surface area contributed by atoms with E-state index >= 15 is 0 Å². The molecule has 0 spiro atoms. The Labute approximate surface area is 217 Å². The van der Waals surface area contributed by atoms with Crippen molar-refractivity contribution < 1.29 is 14.1 Å². The van der Waals surface area contributed by atoms with Crippen molar-refractivity contribution in [2.45, 2.75) is 76.2 Å². The number of amides is 2. The lowest BCUT2D eigenvalue weighted by Crippen LogP contribution is -2.45. The van der Waals surface area contributed by atoms with Crippen molar-refractivity contribution in [2.75, 3.05) is 5.32 Å². The number of fused-ring (bicyclic) bond motifs is 2. The van der Waals surface area contributed by atoms with Crippen molar-refractivity contribution in [3.63, 3.8) is 0 Å². The number of nitrogens with one attached hydrogen (secondary N) is 2. The van der Waals surface area contributed by atoms with Gasteiger partial charge < -0.3 is 10.4 Å². The number of aryl methyl sites for hydroxylation is 2. The molecular formula is C27H34N4O3S2. The van der Waals surface area contributed by atoms with E-state index in [0.29, 0.717) is 4.88 Å². The number of nitrogens with zero attached hydrogens (tertiary/aromatic N) is 1. The van der Waals surface area contributed by atoms with Gasteiger partial charge in [0.1, 0.15) is 0 Å². The number of urea groups is 1. The van der Waals surface area contributed by atoms with Crippen LogP contribution in [0.25, 0.3) is 11.1 Å². The van der Waals surface area contributed by atoms with Crippen LogP contribution in [0.2, 0.25) is 0 Å². The van der Waals surface area contributed by atoms with Gasteiger partial charge in [-0.2, -0.15) is 0 Å². The molecule has 5 rings (SSSR count). The fourth-order valence-corrected chi connectivity index (χ4v) is 7.71. The van der Waals surface area contributed by atoms with E-state index in [2.05, 4.69) is 47.1 Å². The van der Waals surface area contributed by atoms with Crippen molar-refractivity contribution in [1.82, 2.24) is 9.71 Å². The molecule has 0 radical (unpaired) electrons. The fraction of sp³-hybridized carbons (Fsp3) is 0.407. The van der Waals surface area contributed by atoms with Crippen LogP contribution in [0.3, 0.4) is 0 Å². The lowest BCUT2D eigenvalue weighted by Gasteiger charge is -2.23. The van der Waals surface area contributed by atoms with E-state index < -0.39 is 21.9 Å². The molecule has 1 heterocycles. The smallest absolute Gasteiger partial charge is 0.330 e. The molecule has 7 nitrogen and oxygen atoms in total. The second kappa shape index (κ2) is 9.06. The lowest BCUT2D eigenvalue weighted by atomic mass is 9.87. The summed E-state index contributed by atoms with van der Waals surface area (Å²) < 4.78 is 15.8. The summed E-state index contributed by atoms with van der Waals surface area (Å²) in [6, 6.07) is 6.09. The van der Waals surface area contributed by atoms with Gasteiger partial charge >= 0.3 is 6.03 Å². The third-order valence-electron chi connectivity index (χ3n) is 7.33. The minimum Gasteiger partial charge on any atom is -0.385 e. The Balaban J connectivity index is 1.48. The molecule has 0 saturated carbocycles. The van der Waals surface area contributed by atoms with E-state index in [1.54, 1.807) is 13.8 Å². The third-order valence-corrected chi connectivity index (χ3v) is 10.7. The summed E-state index contributed by atoms with van der Waals surface area (Å²) in [5.74, 6) is 0. The molecule has 9 heteroatoms. The number of carbonyl (C=O) groups excluding carboxylic acids is 1. The molecule has 2 amide bonds. The quantitative estimate of drug-likeness (QED) is 0.312. The first-order valence-electron chi connectivity index (χ1n) is 12.4. The molecule has 2 aliphatic carbocycles. The number of carbonyl (C=O) groups is 1. The molecule has 0 atom stereocenters. The van der Waals surface area contributed by atoms with Crippen LogP contribution in [-0.4, -0.2) is 20.3 Å². The van der Waals surface area contributed by atoms with Crippen LogP contribution >= 0.6 is 11.3 Å². The van der Waals surface area contributed by atoms with E-state index in [4.69, 9.17) is 5.14 Å². The van der Waals surface area contributed by atoms with Crippen LogP contribution < -0.4 is 15.2 Å². The van der Waals surface area contributed by atoms with Crippen molar-refractivity contribution in [3.05, 3.63) is 62.7 Å². The third kappa shape index (κ3) is 4.49. The number of thiol groups is 1. The summed E-state index contributed by atoms with van der Waals surface area (Å²) in [4.78, 5) is 17.7. The summed E-state index contributed by atoms with van der Waals surface area (Å²) in [5, 5.41) is 19.3. The zero-order chi connectivity index (χ0) is 25.8. The molecule has 2 aliphatic rings. The number of hydrogen-bond donors (Lipinski definition) is 5. The molecule has 2 aromatic carbocycles. The van der Waals surface area contributed by atoms with Gasteiger partial charge in [0, 0.05) is 11.9 Å². The average Bonchev–Trinajstić information content (AvgIpc) is 3.55. The first-order valence-corrected chi connectivity index (χ1v) is 15.0. The maximum Gasteiger partial charge on any atom is 0.330 e. The first kappa shape index (κ1) is 25.1. The molecule has 192 valence electrons. The Bertz CT molecular complexity index is 1390. The molecule has 0 bridgehead atoms. The highest BCUT2D eigenvalue weighted by molar-refractivity contribution is 8.01. The molecule has 0 saturated heterocycles. The van der Waals surface area contributed by atoms with Gasteiger partial charge in [0.2, 0.25) is 0 Å². The van der Waals surface area contributed by atoms with Crippen LogP contribution in [0.5, 0.6) is 0 Å². The second-order valence-corrected chi connectivity index (χ2v) is 13.8. The molecule has 5 N–H and O–H groups in total. The van der Waals surface area contributed by atoms with Gasteiger partial charge in [0.25, 0.3) is 0 Å². The van der Waals surface area contributed by atoms with Crippen LogP contribution in [0.15, 0.2) is 28.7 Å². The molecule has 0 unspecified atom stereocenters. The first-order chi connectivity index (χ1) is 17.0. The van der Waals surface area contributed by atoms with Gasteiger partial charge in [0.15, 0.2) is 4.34 Å². The zero-order valence-electron chi connectivity index (χ0n) is 21.2. The predicted octanol–water partition coefficient (Wildman–Crippen LogP) is 4.62. The Kier molecular flexibility index (Phi) is 6.31. The molecule has 1 aromatic heterocycles. The topological polar surface area (TPSA) is 117 Å². The second-order valence-electron chi connectivity index (χ2n) is 10.5. The van der Waals surface area contributed by atoms with Gasteiger partial charge in [-0.15, -0.1) is 11.3 Å². The van der Waals surface area contributed by atoms with Crippen molar-refractivity contribution in [1.29, 1.82) is 0 Å². The number of rotatable bonds is 5. The lowest BCUT2D eigenvalue weighted by molar-refractivity contribution is 0.0823. The van der Waals surface area contributed by atoms with Crippen LogP contribution in [0, 0.1) is 13.8 Å². The van der Waals surface area contributed by atoms with E-state index in [1.165, 1.54) is 50.7 Å². The van der Waals surface area contributed by atoms with Gasteiger partial charge in [-0.1, -0.05) is 18.2 Å². The number of aromatic nitrogens is 1. The summed E-state index contributed by atoms with van der Waals surface area (Å²) in [7, 11) is -3.76. The summed E-state index contributed by atoms with van der Waals surface area (Å²) in [6.45, 7) is 7.52. The highest BCUT2D eigenvalue weighted by Gasteiger charge is 2.31. The molecule has 0 fully saturated rings. The summed E-state index contributed by atoms with van der Waals surface area (Å²) in [6.07, 6.45) is 7.30. The Morgan fingerprint density at radius 3 is 2.22 bits per heavy atom. The van der Waals surface area contributed by atoms with Crippen molar-refractivity contribution >= 4 is 33.4 Å². The van der Waals surface area contributed by atoms with E-state index in [0.717, 1.165) is 55.5 Å². The molecule has 3 aromatic rings. The van der Waals surface area contributed by atoms with Gasteiger partial charge in [-0.25, -0.2) is 14.0 Å². The zero-order valence-corrected chi connectivity index (χ0v) is 22.9. The number of benzene rings is 2. The Morgan fingerprint density at radius 1 is 1.06 bits per heavy atom. The largest absolute Gasteiger partial charge is 0.385 e. The average molecular weight is 527 g/mol. The normalized spacial score (nSPS) is 15.5. The van der Waals surface area contributed by atoms with E-state index in [9.17, 15) is 14.1 Å². The van der Waals surface area contributed by atoms with Gasteiger partial charge in [-0.3, -0.25) is 9.86 Å². The highest BCUT2D eigenvalue weighted by Crippen LogP contribution is 2.46. The molecule has 0 aliphatic heterocycles. The van der Waals surface area contributed by atoms with Crippen LogP contribution in [0.4, 0.5) is 10.5 Å². The molecule has 36 heavy (non-hydrogen) atoms. The van der Waals surface area contributed by atoms with E-state index in [1.807, 2.05) is 0 Å². The SMILES string of the molecule is Cc1ccc(-c2c3c(c(NC(=O)N[SH](N)(=O)c4ncc(C(C)(C)O)s4)c4c2CCC4)CCC3)cc1C. The minimum absolute atomic E-state index is 0.107. The number of aliphatic hydroxyl groups is 1. The summed E-state index contributed by atoms with van der Waals surface area (Å²) >= 11 is 1.05. The highest BCUT2D eigenvalue weighted by atomic mass is 32.3. The van der Waals surface area contributed by atoms with Gasteiger partial charge in [0.05, 0.1) is 20.8 Å². The Morgan fingerprint density at radius 2 is 1.67 bits per heavy atom. The predicted molar refractivity (Wildman–Crippen MR) is 147 cm³/mol. The van der Waals surface area contributed by atoms with Crippen molar-refractivity contribution in [3.8, 4) is 11.1 Å².